The Kier molecular flexibility index (Phi) is 7.35. The van der Waals surface area contributed by atoms with Gasteiger partial charge in [-0.05, 0) is 77.9 Å². The highest BCUT2D eigenvalue weighted by Gasteiger charge is 2.61. The van der Waals surface area contributed by atoms with E-state index < -0.39 is 23.3 Å². The summed E-state index contributed by atoms with van der Waals surface area (Å²) in [5.74, 6) is 1.80. The first-order chi connectivity index (χ1) is 20.7. The quantitative estimate of drug-likeness (QED) is 0.192. The summed E-state index contributed by atoms with van der Waals surface area (Å²) >= 11 is 12.7. The van der Waals surface area contributed by atoms with Crippen molar-refractivity contribution in [3.05, 3.63) is 123 Å². The number of halogens is 2. The molecular weight excluding hydrogens is 587 g/mol. The molecule has 3 unspecified atom stereocenters. The Morgan fingerprint density at radius 1 is 0.977 bits per heavy atom. The minimum absolute atomic E-state index is 0.0341. The van der Waals surface area contributed by atoms with Crippen molar-refractivity contribution in [3.8, 4) is 23.8 Å². The number of fused-ring (bicyclic) bond motifs is 2. The Morgan fingerprint density at radius 3 is 2.47 bits per heavy atom. The van der Waals surface area contributed by atoms with Crippen molar-refractivity contribution in [3.63, 3.8) is 0 Å². The van der Waals surface area contributed by atoms with Crippen molar-refractivity contribution in [2.24, 2.45) is 0 Å². The van der Waals surface area contributed by atoms with Crippen LogP contribution in [0.1, 0.15) is 51.0 Å². The van der Waals surface area contributed by atoms with Crippen molar-refractivity contribution in [2.45, 2.75) is 23.8 Å². The number of anilines is 1. The van der Waals surface area contributed by atoms with Crippen LogP contribution in [0.3, 0.4) is 0 Å². The van der Waals surface area contributed by atoms with Crippen molar-refractivity contribution < 1.29 is 23.9 Å². The fraction of sp³-hybridized carbons (Fsp3) is 0.147. The van der Waals surface area contributed by atoms with Gasteiger partial charge in [0.1, 0.15) is 16.9 Å². The number of carbonyl (C=O) groups is 3. The van der Waals surface area contributed by atoms with E-state index in [0.717, 1.165) is 5.56 Å². The summed E-state index contributed by atoms with van der Waals surface area (Å²) < 4.78 is 11.1. The zero-order chi connectivity index (χ0) is 30.3. The molecule has 0 aromatic heterocycles. The molecule has 0 aliphatic carbocycles. The Balaban J connectivity index is 1.56. The van der Waals surface area contributed by atoms with Gasteiger partial charge in [0.05, 0.1) is 18.7 Å². The molecule has 43 heavy (non-hydrogen) atoms. The van der Waals surface area contributed by atoms with Crippen LogP contribution in [0.4, 0.5) is 5.69 Å². The molecule has 2 N–H and O–H groups in total. The van der Waals surface area contributed by atoms with E-state index in [2.05, 4.69) is 16.6 Å². The predicted molar refractivity (Wildman–Crippen MR) is 164 cm³/mol. The summed E-state index contributed by atoms with van der Waals surface area (Å²) in [6, 6.07) is 23.1. The molecule has 3 atom stereocenters. The Labute approximate surface area is 258 Å². The summed E-state index contributed by atoms with van der Waals surface area (Å²) in [5, 5.41) is 7.06. The van der Waals surface area contributed by atoms with E-state index in [0.29, 0.717) is 49.5 Å². The van der Waals surface area contributed by atoms with Gasteiger partial charge >= 0.3 is 5.97 Å². The molecule has 1 fully saturated rings. The van der Waals surface area contributed by atoms with Gasteiger partial charge in [-0.1, -0.05) is 47.3 Å². The smallest absolute Gasteiger partial charge is 0.337 e. The number of esters is 1. The third-order valence-electron chi connectivity index (χ3n) is 7.99. The van der Waals surface area contributed by atoms with Gasteiger partial charge in [0.2, 0.25) is 11.8 Å². The van der Waals surface area contributed by atoms with Crippen molar-refractivity contribution >= 4 is 46.7 Å². The number of carbonyl (C=O) groups excluding carboxylic acids is 3. The van der Waals surface area contributed by atoms with Crippen molar-refractivity contribution in [1.29, 1.82) is 0 Å². The van der Waals surface area contributed by atoms with Gasteiger partial charge in [0, 0.05) is 39.2 Å². The minimum atomic E-state index is -1.32. The molecule has 2 heterocycles. The van der Waals surface area contributed by atoms with Crippen LogP contribution in [0, 0.1) is 12.3 Å². The molecular formula is C34H24Cl2N2O5. The lowest BCUT2D eigenvalue weighted by Crippen LogP contribution is -2.56. The molecule has 1 spiro atoms. The minimum Gasteiger partial charge on any atom is -0.465 e. The summed E-state index contributed by atoms with van der Waals surface area (Å²) in [4.78, 5) is 39.8. The lowest BCUT2D eigenvalue weighted by atomic mass is 9.59. The molecule has 2 amide bonds. The molecule has 214 valence electrons. The molecule has 9 heteroatoms. The van der Waals surface area contributed by atoms with E-state index in [1.807, 2.05) is 12.1 Å². The fourth-order valence-electron chi connectivity index (χ4n) is 6.13. The van der Waals surface area contributed by atoms with Crippen LogP contribution < -0.4 is 15.4 Å². The Morgan fingerprint density at radius 2 is 1.74 bits per heavy atom. The molecule has 0 bridgehead atoms. The molecule has 0 radical (unpaired) electrons. The monoisotopic (exact) mass is 610 g/mol. The number of hydrogen-bond acceptors (Lipinski definition) is 5. The number of ether oxygens (including phenoxy) is 2. The highest BCUT2D eigenvalue weighted by atomic mass is 35.5. The number of benzene rings is 4. The third kappa shape index (κ3) is 4.89. The summed E-state index contributed by atoms with van der Waals surface area (Å²) in [6.45, 7) is 0. The first-order valence-corrected chi connectivity index (χ1v) is 14.1. The average molecular weight is 611 g/mol. The van der Waals surface area contributed by atoms with E-state index in [4.69, 9.17) is 39.1 Å². The fourth-order valence-corrected chi connectivity index (χ4v) is 6.50. The van der Waals surface area contributed by atoms with Crippen LogP contribution >= 0.6 is 23.2 Å². The van der Waals surface area contributed by atoms with Crippen molar-refractivity contribution in [2.75, 3.05) is 12.4 Å². The summed E-state index contributed by atoms with van der Waals surface area (Å²) in [5.41, 5.74) is 2.05. The van der Waals surface area contributed by atoms with Crippen LogP contribution in [-0.4, -0.2) is 24.9 Å². The van der Waals surface area contributed by atoms with E-state index in [1.54, 1.807) is 72.8 Å². The second-order valence-electron chi connectivity index (χ2n) is 10.3. The molecule has 2 aliphatic heterocycles. The van der Waals surface area contributed by atoms with Crippen molar-refractivity contribution in [1.82, 2.24) is 5.32 Å². The Hall–Kier alpha value is -4.77. The van der Waals surface area contributed by atoms with Gasteiger partial charge < -0.3 is 20.1 Å². The van der Waals surface area contributed by atoms with Gasteiger partial charge in [0.15, 0.2) is 0 Å². The predicted octanol–water partition coefficient (Wildman–Crippen LogP) is 6.79. The SMILES string of the molecule is C#Cc1ccc(Oc2ccc(C(=O)OC)cc2)c(C2NC(=O)CC(c3cccc(Cl)c3)C23C(=O)Nc2cc(Cl)ccc23)c1. The first-order valence-electron chi connectivity index (χ1n) is 13.4. The highest BCUT2D eigenvalue weighted by Crippen LogP contribution is 2.58. The van der Waals surface area contributed by atoms with E-state index in [-0.39, 0.29) is 18.2 Å². The van der Waals surface area contributed by atoms with E-state index >= 15 is 0 Å². The summed E-state index contributed by atoms with van der Waals surface area (Å²) in [6.07, 6.45) is 5.84. The molecule has 4 aromatic carbocycles. The number of terminal acetylenes is 1. The molecule has 6 rings (SSSR count). The zero-order valence-corrected chi connectivity index (χ0v) is 24.3. The average Bonchev–Trinajstić information content (AvgIpc) is 3.29. The number of nitrogens with one attached hydrogen (secondary N) is 2. The number of rotatable bonds is 5. The standard InChI is InChI=1S/C34H24Cl2N2O5/c1-3-19-7-14-29(43-24-11-8-20(9-12-24)32(40)42-2)25(15-19)31-34(26-13-10-23(36)17-28(26)37-33(34)41)27(18-30(39)38-31)21-5-4-6-22(35)16-21/h1,4-17,27,31H,18H2,2H3,(H,37,41)(H,38,39). The van der Waals surface area contributed by atoms with E-state index in [1.165, 1.54) is 7.11 Å². The van der Waals surface area contributed by atoms with Crippen LogP contribution in [0.5, 0.6) is 11.5 Å². The second kappa shape index (κ2) is 11.1. The third-order valence-corrected chi connectivity index (χ3v) is 8.46. The molecule has 1 saturated heterocycles. The van der Waals surface area contributed by atoms with Gasteiger partial charge in [-0.3, -0.25) is 9.59 Å². The van der Waals surface area contributed by atoms with Crippen LogP contribution in [0.2, 0.25) is 10.0 Å². The first kappa shape index (κ1) is 28.4. The molecule has 7 nitrogen and oxygen atoms in total. The number of piperidine rings is 1. The molecule has 0 saturated carbocycles. The van der Waals surface area contributed by atoms with Gasteiger partial charge in [-0.15, -0.1) is 6.42 Å². The molecule has 4 aromatic rings. The largest absolute Gasteiger partial charge is 0.465 e. The molecule has 2 aliphatic rings. The highest BCUT2D eigenvalue weighted by molar-refractivity contribution is 6.31. The Bertz CT molecular complexity index is 1830. The lowest BCUT2D eigenvalue weighted by molar-refractivity contribution is -0.131. The number of methoxy groups -OCH3 is 1. The zero-order valence-electron chi connectivity index (χ0n) is 22.8. The maximum Gasteiger partial charge on any atom is 0.337 e. The maximum absolute atomic E-state index is 14.4. The van der Waals surface area contributed by atoms with Crippen LogP contribution in [-0.2, 0) is 19.7 Å². The second-order valence-corrected chi connectivity index (χ2v) is 11.2. The lowest BCUT2D eigenvalue weighted by Gasteiger charge is -2.46. The maximum atomic E-state index is 14.4. The van der Waals surface area contributed by atoms with Gasteiger partial charge in [-0.25, -0.2) is 4.79 Å². The van der Waals surface area contributed by atoms with Gasteiger partial charge in [-0.2, -0.15) is 0 Å². The van der Waals surface area contributed by atoms with Crippen LogP contribution in [0.15, 0.2) is 84.9 Å². The van der Waals surface area contributed by atoms with Gasteiger partial charge in [0.25, 0.3) is 0 Å². The topological polar surface area (TPSA) is 93.7 Å². The number of amides is 2. The van der Waals surface area contributed by atoms with E-state index in [9.17, 15) is 14.4 Å². The number of hydrogen-bond donors (Lipinski definition) is 2. The van der Waals surface area contributed by atoms with Crippen LogP contribution in [0.25, 0.3) is 0 Å². The normalized spacial score (nSPS) is 20.5. The summed E-state index contributed by atoms with van der Waals surface area (Å²) in [7, 11) is 1.31.